The highest BCUT2D eigenvalue weighted by molar-refractivity contribution is 5.95. The maximum Gasteiger partial charge on any atom is 0.335 e. The predicted octanol–water partition coefficient (Wildman–Crippen LogP) is -0.358. The van der Waals surface area contributed by atoms with Crippen LogP contribution in [0.15, 0.2) is 18.2 Å². The van der Waals surface area contributed by atoms with Gasteiger partial charge in [-0.15, -0.1) is 0 Å². The number of rotatable bonds is 7. The van der Waals surface area contributed by atoms with Crippen molar-refractivity contribution in [2.24, 2.45) is 17.6 Å². The van der Waals surface area contributed by atoms with Crippen LogP contribution in [0.1, 0.15) is 56.3 Å². The minimum Gasteiger partial charge on any atom is -0.478 e. The van der Waals surface area contributed by atoms with Crippen LogP contribution in [-0.4, -0.2) is 80.3 Å². The molecule has 0 spiro atoms. The molecule has 0 radical (unpaired) electrons. The second kappa shape index (κ2) is 10.4. The van der Waals surface area contributed by atoms with Crippen molar-refractivity contribution in [3.8, 4) is 0 Å². The molecule has 4 amide bonds. The van der Waals surface area contributed by atoms with Crippen LogP contribution in [0.3, 0.4) is 0 Å². The van der Waals surface area contributed by atoms with E-state index in [-0.39, 0.29) is 29.2 Å². The number of amides is 4. The van der Waals surface area contributed by atoms with Crippen LogP contribution in [0, 0.1) is 11.8 Å². The minimum absolute atomic E-state index is 0.0756. The molecule has 0 saturated carbocycles. The second-order valence-electron chi connectivity index (χ2n) is 10.2. The Morgan fingerprint density at radius 2 is 1.82 bits per heavy atom. The minimum atomic E-state index is -1.05. The number of H-pyrrole nitrogens is 1. The number of aromatic carboxylic acids is 1. The Bertz CT molecular complexity index is 1290. The molecule has 2 aliphatic rings. The molecule has 13 nitrogen and oxygen atoms in total. The van der Waals surface area contributed by atoms with Gasteiger partial charge in [0.2, 0.25) is 23.6 Å². The van der Waals surface area contributed by atoms with E-state index < -0.39 is 48.0 Å². The predicted molar refractivity (Wildman–Crippen MR) is 136 cm³/mol. The van der Waals surface area contributed by atoms with Crippen LogP contribution < -0.4 is 21.7 Å². The van der Waals surface area contributed by atoms with E-state index in [0.29, 0.717) is 29.8 Å². The van der Waals surface area contributed by atoms with E-state index >= 15 is 0 Å². The Morgan fingerprint density at radius 1 is 1.13 bits per heavy atom. The van der Waals surface area contributed by atoms with Crippen molar-refractivity contribution < 1.29 is 29.1 Å². The number of likely N-dealkylation sites (tertiary alicyclic amines) is 1. The Balaban J connectivity index is 1.44. The van der Waals surface area contributed by atoms with Gasteiger partial charge in [-0.25, -0.2) is 9.78 Å². The Labute approximate surface area is 218 Å². The van der Waals surface area contributed by atoms with E-state index in [9.17, 15) is 29.1 Å². The van der Waals surface area contributed by atoms with E-state index in [0.717, 1.165) is 0 Å². The highest BCUT2D eigenvalue weighted by Gasteiger charge is 2.51. The summed E-state index contributed by atoms with van der Waals surface area (Å²) in [7, 11) is 0. The molecule has 7 N–H and O–H groups in total. The first kappa shape index (κ1) is 27.0. The smallest absolute Gasteiger partial charge is 0.335 e. The average Bonchev–Trinajstić information content (AvgIpc) is 3.50. The van der Waals surface area contributed by atoms with Crippen LogP contribution in [0.4, 0.5) is 0 Å². The number of nitrogens with two attached hydrogens (primary N) is 1. The van der Waals surface area contributed by atoms with E-state index in [1.165, 1.54) is 30.9 Å². The van der Waals surface area contributed by atoms with Crippen LogP contribution >= 0.6 is 0 Å². The molecule has 2 saturated heterocycles. The molecule has 13 heteroatoms. The van der Waals surface area contributed by atoms with Gasteiger partial charge in [0.15, 0.2) is 0 Å². The fraction of sp³-hybridized carbons (Fsp3) is 0.520. The number of carboxylic acid groups (broad SMARTS) is 1. The zero-order valence-electron chi connectivity index (χ0n) is 21.6. The van der Waals surface area contributed by atoms with E-state index in [2.05, 4.69) is 25.9 Å². The summed E-state index contributed by atoms with van der Waals surface area (Å²) < 4.78 is 0. The van der Waals surface area contributed by atoms with Crippen molar-refractivity contribution in [2.75, 3.05) is 6.54 Å². The number of carbonyl (C=O) groups is 5. The van der Waals surface area contributed by atoms with Crippen LogP contribution in [0.5, 0.6) is 0 Å². The summed E-state index contributed by atoms with van der Waals surface area (Å²) in [5.74, 6) is -2.45. The number of aromatic amines is 1. The zero-order chi connectivity index (χ0) is 27.9. The van der Waals surface area contributed by atoms with E-state index in [1.807, 2.05) is 6.92 Å². The number of aromatic nitrogens is 2. The molecule has 0 bridgehead atoms. The molecule has 0 aliphatic carbocycles. The summed E-state index contributed by atoms with van der Waals surface area (Å²) in [6.45, 7) is 6.88. The quantitative estimate of drug-likeness (QED) is 0.280. The van der Waals surface area contributed by atoms with Crippen molar-refractivity contribution >= 4 is 40.6 Å². The molecular formula is C25H33N7O6. The fourth-order valence-corrected chi connectivity index (χ4v) is 5.25. The maximum atomic E-state index is 13.3. The Kier molecular flexibility index (Phi) is 7.40. The van der Waals surface area contributed by atoms with E-state index in [1.54, 1.807) is 13.0 Å². The molecule has 7 atom stereocenters. The summed E-state index contributed by atoms with van der Waals surface area (Å²) in [5, 5.41) is 17.3. The summed E-state index contributed by atoms with van der Waals surface area (Å²) in [5.41, 5.74) is 6.80. The Hall–Kier alpha value is -4.00. The van der Waals surface area contributed by atoms with Gasteiger partial charge in [-0.2, -0.15) is 0 Å². The van der Waals surface area contributed by atoms with Crippen LogP contribution in [-0.2, 0) is 19.2 Å². The molecule has 1 aromatic heterocycles. The standard InChI is InChI=1S/C25H33N7O6/c1-10-15-7-8-32(24(36)13(4)28-22(34)12(3)27-21(33)11(2)26)19(15)23(35)31-18(10)20-29-16-6-5-14(25(37)38)9-17(16)30-20/h5-6,9-13,15,18-19H,7-8,26H2,1-4H3,(H,27,33)(H,28,34)(H,29,30)(H,31,35)(H,37,38). The van der Waals surface area contributed by atoms with Crippen molar-refractivity contribution in [3.05, 3.63) is 29.6 Å². The topological polar surface area (TPSA) is 200 Å². The number of fused-ring (bicyclic) bond motifs is 2. The largest absolute Gasteiger partial charge is 0.478 e. The van der Waals surface area contributed by atoms with Crippen molar-refractivity contribution in [2.45, 2.75) is 64.3 Å². The SMILES string of the molecule is CC(N)C(=O)NC(C)C(=O)NC(C)C(=O)N1CCC2C(C)C(c3nc4ccc(C(=O)O)cc4[nH]3)NC(=O)C21. The maximum absolute atomic E-state index is 13.3. The number of hydrogen-bond donors (Lipinski definition) is 6. The molecule has 38 heavy (non-hydrogen) atoms. The highest BCUT2D eigenvalue weighted by Crippen LogP contribution is 2.41. The lowest BCUT2D eigenvalue weighted by Gasteiger charge is -2.40. The molecule has 3 heterocycles. The molecule has 1 aromatic carbocycles. The number of carbonyl (C=O) groups excluding carboxylic acids is 4. The average molecular weight is 528 g/mol. The molecule has 7 unspecified atom stereocenters. The number of hydrogen-bond acceptors (Lipinski definition) is 7. The number of nitrogens with one attached hydrogen (secondary N) is 4. The lowest BCUT2D eigenvalue weighted by Crippen LogP contribution is -2.59. The second-order valence-corrected chi connectivity index (χ2v) is 10.2. The number of benzene rings is 1. The monoisotopic (exact) mass is 527 g/mol. The van der Waals surface area contributed by atoms with Gasteiger partial charge in [-0.3, -0.25) is 19.2 Å². The van der Waals surface area contributed by atoms with E-state index in [4.69, 9.17) is 5.73 Å². The third-order valence-electron chi connectivity index (χ3n) is 7.43. The molecule has 4 rings (SSSR count). The van der Waals surface area contributed by atoms with Gasteiger partial charge < -0.3 is 36.7 Å². The van der Waals surface area contributed by atoms with Gasteiger partial charge >= 0.3 is 5.97 Å². The van der Waals surface area contributed by atoms with Crippen molar-refractivity contribution in [1.29, 1.82) is 0 Å². The molecule has 2 aromatic rings. The summed E-state index contributed by atoms with van der Waals surface area (Å²) in [6, 6.07) is 0.897. The van der Waals surface area contributed by atoms with Crippen molar-refractivity contribution in [3.63, 3.8) is 0 Å². The van der Waals surface area contributed by atoms with Gasteiger partial charge in [-0.1, -0.05) is 6.92 Å². The fourth-order valence-electron chi connectivity index (χ4n) is 5.25. The summed E-state index contributed by atoms with van der Waals surface area (Å²) >= 11 is 0. The molecular weight excluding hydrogens is 494 g/mol. The normalized spacial score (nSPS) is 25.2. The summed E-state index contributed by atoms with van der Waals surface area (Å²) in [4.78, 5) is 71.3. The Morgan fingerprint density at radius 3 is 2.47 bits per heavy atom. The van der Waals surface area contributed by atoms with Gasteiger partial charge in [0.05, 0.1) is 28.7 Å². The number of nitrogens with zero attached hydrogens (tertiary/aromatic N) is 2. The summed E-state index contributed by atoms with van der Waals surface area (Å²) in [6.07, 6.45) is 0.604. The van der Waals surface area contributed by atoms with Crippen molar-refractivity contribution in [1.82, 2.24) is 30.8 Å². The third kappa shape index (κ3) is 5.05. The number of carboxylic acids is 1. The molecule has 2 fully saturated rings. The highest BCUT2D eigenvalue weighted by atomic mass is 16.4. The number of imidazole rings is 1. The van der Waals surface area contributed by atoms with Crippen LogP contribution in [0.25, 0.3) is 11.0 Å². The number of piperidine rings is 1. The van der Waals surface area contributed by atoms with Crippen LogP contribution in [0.2, 0.25) is 0 Å². The third-order valence-corrected chi connectivity index (χ3v) is 7.43. The lowest BCUT2D eigenvalue weighted by molar-refractivity contribution is -0.144. The van der Waals surface area contributed by atoms with Gasteiger partial charge in [0.25, 0.3) is 0 Å². The van der Waals surface area contributed by atoms with Gasteiger partial charge in [0.1, 0.15) is 23.9 Å². The van der Waals surface area contributed by atoms with Gasteiger partial charge in [-0.05, 0) is 57.2 Å². The first-order valence-corrected chi connectivity index (χ1v) is 12.6. The molecule has 204 valence electrons. The zero-order valence-corrected chi connectivity index (χ0v) is 21.6. The van der Waals surface area contributed by atoms with Gasteiger partial charge in [0, 0.05) is 6.54 Å². The first-order valence-electron chi connectivity index (χ1n) is 12.6. The molecule has 2 aliphatic heterocycles. The lowest BCUT2D eigenvalue weighted by atomic mass is 9.78. The first-order chi connectivity index (χ1) is 17.9.